The lowest BCUT2D eigenvalue weighted by Gasteiger charge is -2.49. The van der Waals surface area contributed by atoms with Crippen LogP contribution < -0.4 is 10.1 Å². The summed E-state index contributed by atoms with van der Waals surface area (Å²) < 4.78 is 22.9. The van der Waals surface area contributed by atoms with Gasteiger partial charge in [-0.15, -0.1) is 0 Å². The zero-order valence-corrected chi connectivity index (χ0v) is 15.2. The van der Waals surface area contributed by atoms with Gasteiger partial charge in [0.15, 0.2) is 5.79 Å². The number of carbonyl (C=O) groups excluding carboxylic acids is 1. The van der Waals surface area contributed by atoms with E-state index in [1.54, 1.807) is 13.8 Å². The summed E-state index contributed by atoms with van der Waals surface area (Å²) in [5.74, 6) is -1.12. The van der Waals surface area contributed by atoms with E-state index >= 15 is 0 Å². The monoisotopic (exact) mass is 382 g/mol. The SMILES string of the molecule is CC(=O)N[C@H]1[C@@H](Oc2cccc([N+](=O)[O-])c2)O[C@@H]2COC(C)(C)O[C@@H]2[C@H]1O. The summed E-state index contributed by atoms with van der Waals surface area (Å²) in [5.41, 5.74) is -0.149. The number of benzene rings is 1. The van der Waals surface area contributed by atoms with E-state index in [4.69, 9.17) is 18.9 Å². The molecule has 0 unspecified atom stereocenters. The number of amides is 1. The van der Waals surface area contributed by atoms with Gasteiger partial charge in [-0.25, -0.2) is 0 Å². The molecule has 10 heteroatoms. The minimum atomic E-state index is -1.13. The van der Waals surface area contributed by atoms with E-state index in [0.717, 1.165) is 0 Å². The van der Waals surface area contributed by atoms with Crippen molar-refractivity contribution in [3.8, 4) is 5.75 Å². The van der Waals surface area contributed by atoms with Crippen LogP contribution in [-0.4, -0.2) is 59.0 Å². The third-order valence-electron chi connectivity index (χ3n) is 4.34. The number of aliphatic hydroxyl groups is 1. The van der Waals surface area contributed by atoms with Gasteiger partial charge in [0, 0.05) is 13.0 Å². The number of fused-ring (bicyclic) bond motifs is 1. The van der Waals surface area contributed by atoms with E-state index < -0.39 is 41.4 Å². The third kappa shape index (κ3) is 4.35. The van der Waals surface area contributed by atoms with Crippen LogP contribution in [0.25, 0.3) is 0 Å². The Kier molecular flexibility index (Phi) is 5.33. The van der Waals surface area contributed by atoms with Gasteiger partial charge in [0.2, 0.25) is 12.2 Å². The maximum Gasteiger partial charge on any atom is 0.273 e. The predicted molar refractivity (Wildman–Crippen MR) is 90.9 cm³/mol. The zero-order valence-electron chi connectivity index (χ0n) is 15.2. The van der Waals surface area contributed by atoms with Crippen molar-refractivity contribution in [2.24, 2.45) is 0 Å². The van der Waals surface area contributed by atoms with Crippen LogP contribution in [0.2, 0.25) is 0 Å². The third-order valence-corrected chi connectivity index (χ3v) is 4.34. The number of nitro benzene ring substituents is 1. The number of hydrogen-bond donors (Lipinski definition) is 2. The number of nitrogens with zero attached hydrogens (tertiary/aromatic N) is 1. The van der Waals surface area contributed by atoms with Gasteiger partial charge in [-0.1, -0.05) is 6.07 Å². The highest BCUT2D eigenvalue weighted by atomic mass is 16.8. The number of hydrogen-bond acceptors (Lipinski definition) is 8. The molecule has 0 radical (unpaired) electrons. The first-order valence-electron chi connectivity index (χ1n) is 8.50. The van der Waals surface area contributed by atoms with E-state index in [2.05, 4.69) is 5.32 Å². The largest absolute Gasteiger partial charge is 0.462 e. The number of ether oxygens (including phenoxy) is 4. The Hall–Kier alpha value is -2.27. The molecule has 2 heterocycles. The van der Waals surface area contributed by atoms with Crippen molar-refractivity contribution in [2.45, 2.75) is 57.2 Å². The second kappa shape index (κ2) is 7.39. The van der Waals surface area contributed by atoms with E-state index in [9.17, 15) is 20.0 Å². The Morgan fingerprint density at radius 2 is 2.19 bits per heavy atom. The molecule has 3 rings (SSSR count). The van der Waals surface area contributed by atoms with Gasteiger partial charge in [0.25, 0.3) is 5.69 Å². The maximum atomic E-state index is 11.6. The molecule has 2 N–H and O–H groups in total. The average molecular weight is 382 g/mol. The molecule has 2 saturated heterocycles. The van der Waals surface area contributed by atoms with E-state index in [1.807, 2.05) is 0 Å². The van der Waals surface area contributed by atoms with Crippen LogP contribution >= 0.6 is 0 Å². The molecule has 0 aromatic heterocycles. The quantitative estimate of drug-likeness (QED) is 0.575. The number of nitro groups is 1. The molecule has 0 saturated carbocycles. The van der Waals surface area contributed by atoms with Crippen LogP contribution in [0.5, 0.6) is 5.75 Å². The number of aliphatic hydroxyl groups excluding tert-OH is 1. The Labute approximate surface area is 155 Å². The summed E-state index contributed by atoms with van der Waals surface area (Å²) in [5, 5.41) is 24.3. The Balaban J connectivity index is 1.83. The van der Waals surface area contributed by atoms with Crippen LogP contribution in [0, 0.1) is 10.1 Å². The second-order valence-corrected chi connectivity index (χ2v) is 6.93. The summed E-state index contributed by atoms with van der Waals surface area (Å²) in [6, 6.07) is 4.63. The fourth-order valence-corrected chi connectivity index (χ4v) is 3.14. The second-order valence-electron chi connectivity index (χ2n) is 6.93. The van der Waals surface area contributed by atoms with Crippen molar-refractivity contribution in [2.75, 3.05) is 6.61 Å². The smallest absolute Gasteiger partial charge is 0.273 e. The summed E-state index contributed by atoms with van der Waals surface area (Å²) in [4.78, 5) is 22.0. The molecular formula is C17H22N2O8. The predicted octanol–water partition coefficient (Wildman–Crippen LogP) is 0.716. The van der Waals surface area contributed by atoms with E-state index in [0.29, 0.717) is 0 Å². The van der Waals surface area contributed by atoms with Crippen molar-refractivity contribution in [3.63, 3.8) is 0 Å². The van der Waals surface area contributed by atoms with Gasteiger partial charge in [-0.3, -0.25) is 14.9 Å². The van der Waals surface area contributed by atoms with Gasteiger partial charge >= 0.3 is 0 Å². The van der Waals surface area contributed by atoms with Crippen molar-refractivity contribution in [3.05, 3.63) is 34.4 Å². The molecule has 0 spiro atoms. The highest BCUT2D eigenvalue weighted by molar-refractivity contribution is 5.73. The molecule has 0 aliphatic carbocycles. The highest BCUT2D eigenvalue weighted by Crippen LogP contribution is 2.33. The van der Waals surface area contributed by atoms with Crippen molar-refractivity contribution >= 4 is 11.6 Å². The number of non-ortho nitro benzene ring substituents is 1. The average Bonchev–Trinajstić information content (AvgIpc) is 2.59. The van der Waals surface area contributed by atoms with Gasteiger partial charge < -0.3 is 29.4 Å². The minimum absolute atomic E-state index is 0.149. The van der Waals surface area contributed by atoms with E-state index in [1.165, 1.54) is 31.2 Å². The number of nitrogens with one attached hydrogen (secondary N) is 1. The van der Waals surface area contributed by atoms with Crippen molar-refractivity contribution in [1.29, 1.82) is 0 Å². The normalized spacial score (nSPS) is 32.2. The first kappa shape index (κ1) is 19.5. The molecule has 0 bridgehead atoms. The van der Waals surface area contributed by atoms with Crippen LogP contribution in [-0.2, 0) is 19.0 Å². The lowest BCUT2D eigenvalue weighted by atomic mass is 9.95. The molecule has 2 aliphatic heterocycles. The molecule has 1 aromatic carbocycles. The van der Waals surface area contributed by atoms with Crippen LogP contribution in [0.15, 0.2) is 24.3 Å². The molecule has 1 amide bonds. The molecule has 10 nitrogen and oxygen atoms in total. The lowest BCUT2D eigenvalue weighted by Crippen LogP contribution is -2.69. The van der Waals surface area contributed by atoms with Crippen molar-refractivity contribution in [1.82, 2.24) is 5.32 Å². The minimum Gasteiger partial charge on any atom is -0.462 e. The number of rotatable bonds is 4. The van der Waals surface area contributed by atoms with Crippen molar-refractivity contribution < 1.29 is 33.8 Å². The standard InChI is InChI=1S/C17H22N2O8/c1-9(20)18-13-14(21)15-12(8-24-17(2,3)27-15)26-16(13)25-11-6-4-5-10(7-11)19(22)23/h4-7,12-16,21H,8H2,1-3H3,(H,18,20)/t12-,13-,14+,15+,16+/m1/s1. The van der Waals surface area contributed by atoms with Gasteiger partial charge in [0.1, 0.15) is 30.1 Å². The van der Waals surface area contributed by atoms with Crippen LogP contribution in [0.1, 0.15) is 20.8 Å². The van der Waals surface area contributed by atoms with Crippen LogP contribution in [0.4, 0.5) is 5.69 Å². The Morgan fingerprint density at radius 1 is 1.44 bits per heavy atom. The van der Waals surface area contributed by atoms with E-state index in [-0.39, 0.29) is 24.0 Å². The van der Waals surface area contributed by atoms with Gasteiger partial charge in [-0.2, -0.15) is 0 Å². The van der Waals surface area contributed by atoms with Crippen LogP contribution in [0.3, 0.4) is 0 Å². The molecule has 148 valence electrons. The number of carbonyl (C=O) groups is 1. The first-order valence-corrected chi connectivity index (χ1v) is 8.50. The topological polar surface area (TPSA) is 129 Å². The Bertz CT molecular complexity index is 725. The molecule has 27 heavy (non-hydrogen) atoms. The molecular weight excluding hydrogens is 360 g/mol. The lowest BCUT2D eigenvalue weighted by molar-refractivity contribution is -0.385. The zero-order chi connectivity index (χ0) is 19.8. The van der Waals surface area contributed by atoms with Gasteiger partial charge in [-0.05, 0) is 19.9 Å². The molecule has 1 aromatic rings. The first-order chi connectivity index (χ1) is 12.7. The highest BCUT2D eigenvalue weighted by Gasteiger charge is 2.52. The molecule has 2 fully saturated rings. The summed E-state index contributed by atoms with van der Waals surface area (Å²) in [6.07, 6.45) is -3.56. The van der Waals surface area contributed by atoms with Gasteiger partial charge in [0.05, 0.1) is 17.6 Å². The Morgan fingerprint density at radius 3 is 2.85 bits per heavy atom. The fourth-order valence-electron chi connectivity index (χ4n) is 3.14. The maximum absolute atomic E-state index is 11.6. The summed E-state index contributed by atoms with van der Waals surface area (Å²) >= 11 is 0. The molecule has 2 aliphatic rings. The fraction of sp³-hybridized carbons (Fsp3) is 0.588. The summed E-state index contributed by atoms with van der Waals surface area (Å²) in [6.45, 7) is 4.90. The molecule has 5 atom stereocenters. The summed E-state index contributed by atoms with van der Waals surface area (Å²) in [7, 11) is 0.